The second kappa shape index (κ2) is 8.87. The fourth-order valence-corrected chi connectivity index (χ4v) is 4.94. The van der Waals surface area contributed by atoms with E-state index in [1.807, 2.05) is 6.07 Å². The number of fused-ring (bicyclic) bond motifs is 1. The van der Waals surface area contributed by atoms with Crippen molar-refractivity contribution in [2.24, 2.45) is 0 Å². The Bertz CT molecular complexity index is 1240. The minimum atomic E-state index is 0.547. The van der Waals surface area contributed by atoms with Gasteiger partial charge in [0.25, 0.3) is 0 Å². The van der Waals surface area contributed by atoms with Crippen molar-refractivity contribution in [1.29, 1.82) is 0 Å². The third-order valence-electron chi connectivity index (χ3n) is 7.00. The van der Waals surface area contributed by atoms with Crippen LogP contribution in [0, 0.1) is 6.92 Å². The second-order valence-corrected chi connectivity index (χ2v) is 9.27. The SMILES string of the molecule is Cc1nc2ccccc2c(Nc2ccc(N3CC(C)N(C)C(C)C3)cc2)c1-c1ccccc1. The van der Waals surface area contributed by atoms with Crippen LogP contribution in [0.15, 0.2) is 78.9 Å². The van der Waals surface area contributed by atoms with E-state index in [4.69, 9.17) is 4.98 Å². The van der Waals surface area contributed by atoms with Gasteiger partial charge in [-0.05, 0) is 63.7 Å². The van der Waals surface area contributed by atoms with Crippen LogP contribution < -0.4 is 10.2 Å². The number of benzene rings is 3. The summed E-state index contributed by atoms with van der Waals surface area (Å²) < 4.78 is 0. The molecule has 3 aromatic carbocycles. The molecule has 168 valence electrons. The summed E-state index contributed by atoms with van der Waals surface area (Å²) in [6, 6.07) is 28.9. The van der Waals surface area contributed by atoms with Crippen LogP contribution in [-0.4, -0.2) is 42.1 Å². The van der Waals surface area contributed by atoms with E-state index in [9.17, 15) is 0 Å². The zero-order valence-corrected chi connectivity index (χ0v) is 19.9. The van der Waals surface area contributed by atoms with E-state index in [-0.39, 0.29) is 0 Å². The quantitative estimate of drug-likeness (QED) is 0.397. The van der Waals surface area contributed by atoms with E-state index in [1.165, 1.54) is 11.3 Å². The maximum Gasteiger partial charge on any atom is 0.0726 e. The molecule has 4 aromatic rings. The molecule has 0 bridgehead atoms. The average Bonchev–Trinajstić information content (AvgIpc) is 2.83. The molecule has 2 unspecified atom stereocenters. The molecule has 0 aliphatic carbocycles. The van der Waals surface area contributed by atoms with Crippen LogP contribution >= 0.6 is 0 Å². The molecule has 0 radical (unpaired) electrons. The van der Waals surface area contributed by atoms with Crippen LogP contribution in [0.2, 0.25) is 0 Å². The molecule has 33 heavy (non-hydrogen) atoms. The lowest BCUT2D eigenvalue weighted by molar-refractivity contribution is 0.170. The Kier molecular flexibility index (Phi) is 5.77. The number of hydrogen-bond donors (Lipinski definition) is 1. The van der Waals surface area contributed by atoms with Crippen molar-refractivity contribution in [2.45, 2.75) is 32.9 Å². The number of aromatic nitrogens is 1. The Morgan fingerprint density at radius 1 is 0.818 bits per heavy atom. The third kappa shape index (κ3) is 4.19. The molecule has 1 aliphatic heterocycles. The first-order chi connectivity index (χ1) is 16.0. The first-order valence-corrected chi connectivity index (χ1v) is 11.8. The first-order valence-electron chi connectivity index (χ1n) is 11.8. The fourth-order valence-electron chi connectivity index (χ4n) is 4.94. The minimum absolute atomic E-state index is 0.547. The summed E-state index contributed by atoms with van der Waals surface area (Å²) >= 11 is 0. The van der Waals surface area contributed by atoms with Gasteiger partial charge < -0.3 is 10.2 Å². The van der Waals surface area contributed by atoms with Gasteiger partial charge in [-0.3, -0.25) is 9.88 Å². The monoisotopic (exact) mass is 436 g/mol. The van der Waals surface area contributed by atoms with Gasteiger partial charge in [-0.15, -0.1) is 0 Å². The molecule has 1 fully saturated rings. The molecule has 1 aromatic heterocycles. The van der Waals surface area contributed by atoms with E-state index < -0.39 is 0 Å². The Hall–Kier alpha value is -3.37. The number of likely N-dealkylation sites (N-methyl/N-ethyl adjacent to an activating group) is 1. The number of anilines is 3. The van der Waals surface area contributed by atoms with Gasteiger partial charge in [-0.1, -0.05) is 48.5 Å². The van der Waals surface area contributed by atoms with E-state index in [1.54, 1.807) is 0 Å². The molecular formula is C29H32N4. The number of rotatable bonds is 4. The van der Waals surface area contributed by atoms with Gasteiger partial charge in [-0.25, -0.2) is 0 Å². The van der Waals surface area contributed by atoms with Crippen molar-refractivity contribution >= 4 is 28.0 Å². The van der Waals surface area contributed by atoms with Gasteiger partial charge >= 0.3 is 0 Å². The van der Waals surface area contributed by atoms with Gasteiger partial charge in [0.05, 0.1) is 11.2 Å². The van der Waals surface area contributed by atoms with Crippen LogP contribution in [0.4, 0.5) is 17.1 Å². The van der Waals surface area contributed by atoms with E-state index in [0.717, 1.165) is 46.6 Å². The van der Waals surface area contributed by atoms with Crippen molar-refractivity contribution in [2.75, 3.05) is 30.4 Å². The summed E-state index contributed by atoms with van der Waals surface area (Å²) in [6.07, 6.45) is 0. The molecule has 4 nitrogen and oxygen atoms in total. The maximum absolute atomic E-state index is 4.90. The largest absolute Gasteiger partial charge is 0.368 e. The predicted octanol–water partition coefficient (Wildman–Crippen LogP) is 6.48. The highest BCUT2D eigenvalue weighted by Crippen LogP contribution is 2.38. The summed E-state index contributed by atoms with van der Waals surface area (Å²) in [4.78, 5) is 9.87. The van der Waals surface area contributed by atoms with Gasteiger partial charge in [0.1, 0.15) is 0 Å². The molecule has 1 N–H and O–H groups in total. The number of nitrogens with one attached hydrogen (secondary N) is 1. The summed E-state index contributed by atoms with van der Waals surface area (Å²) in [7, 11) is 2.23. The third-order valence-corrected chi connectivity index (χ3v) is 7.00. The van der Waals surface area contributed by atoms with Crippen molar-refractivity contribution in [3.05, 3.63) is 84.6 Å². The summed E-state index contributed by atoms with van der Waals surface area (Å²) in [5, 5.41) is 4.88. The molecule has 2 atom stereocenters. The van der Waals surface area contributed by atoms with Crippen molar-refractivity contribution in [3.8, 4) is 11.1 Å². The van der Waals surface area contributed by atoms with Crippen LogP contribution in [0.3, 0.4) is 0 Å². The number of hydrogen-bond acceptors (Lipinski definition) is 4. The number of nitrogens with zero attached hydrogens (tertiary/aromatic N) is 3. The van der Waals surface area contributed by atoms with E-state index >= 15 is 0 Å². The Balaban J connectivity index is 1.51. The molecule has 0 amide bonds. The number of piperazine rings is 1. The van der Waals surface area contributed by atoms with Gasteiger partial charge in [0, 0.05) is 53.2 Å². The highest BCUT2D eigenvalue weighted by atomic mass is 15.3. The van der Waals surface area contributed by atoms with Crippen molar-refractivity contribution < 1.29 is 0 Å². The molecule has 2 heterocycles. The Labute approximate surface area is 196 Å². The molecule has 0 saturated carbocycles. The lowest BCUT2D eigenvalue weighted by Crippen LogP contribution is -2.55. The molecule has 4 heteroatoms. The predicted molar refractivity (Wildman–Crippen MR) is 141 cm³/mol. The van der Waals surface area contributed by atoms with Gasteiger partial charge in [0.2, 0.25) is 0 Å². The fraction of sp³-hybridized carbons (Fsp3) is 0.276. The molecule has 0 spiro atoms. The molecule has 1 aliphatic rings. The highest BCUT2D eigenvalue weighted by Gasteiger charge is 2.26. The molecular weight excluding hydrogens is 404 g/mol. The van der Waals surface area contributed by atoms with Crippen LogP contribution in [-0.2, 0) is 0 Å². The second-order valence-electron chi connectivity index (χ2n) is 9.27. The molecule has 5 rings (SSSR count). The van der Waals surface area contributed by atoms with Crippen molar-refractivity contribution in [1.82, 2.24) is 9.88 Å². The standard InChI is InChI=1S/C29H32N4/c1-20-18-33(19-21(2)32(20)4)25-16-14-24(15-17-25)31-29-26-12-8-9-13-27(26)30-22(3)28(29)23-10-6-5-7-11-23/h5-17,20-21H,18-19H2,1-4H3,(H,30,31). The number of aryl methyl sites for hydroxylation is 1. The summed E-state index contributed by atoms with van der Waals surface area (Å²) in [6.45, 7) is 8.82. The van der Waals surface area contributed by atoms with Gasteiger partial charge in [-0.2, -0.15) is 0 Å². The first kappa shape index (κ1) is 21.5. The van der Waals surface area contributed by atoms with Crippen LogP contribution in [0.5, 0.6) is 0 Å². The van der Waals surface area contributed by atoms with E-state index in [2.05, 4.69) is 116 Å². The number of pyridine rings is 1. The van der Waals surface area contributed by atoms with Crippen LogP contribution in [0.25, 0.3) is 22.0 Å². The number of para-hydroxylation sites is 1. The lowest BCUT2D eigenvalue weighted by atomic mass is 9.98. The minimum Gasteiger partial charge on any atom is -0.368 e. The zero-order valence-electron chi connectivity index (χ0n) is 19.9. The van der Waals surface area contributed by atoms with Gasteiger partial charge in [0.15, 0.2) is 0 Å². The summed E-state index contributed by atoms with van der Waals surface area (Å²) in [5.74, 6) is 0. The topological polar surface area (TPSA) is 31.4 Å². The Morgan fingerprint density at radius 2 is 1.45 bits per heavy atom. The molecule has 1 saturated heterocycles. The maximum atomic E-state index is 4.90. The highest BCUT2D eigenvalue weighted by molar-refractivity contribution is 6.02. The smallest absolute Gasteiger partial charge is 0.0726 e. The van der Waals surface area contributed by atoms with Crippen LogP contribution in [0.1, 0.15) is 19.5 Å². The average molecular weight is 437 g/mol. The summed E-state index contributed by atoms with van der Waals surface area (Å²) in [5.41, 5.74) is 7.84. The van der Waals surface area contributed by atoms with E-state index in [0.29, 0.717) is 12.1 Å². The van der Waals surface area contributed by atoms with Crippen molar-refractivity contribution in [3.63, 3.8) is 0 Å². The zero-order chi connectivity index (χ0) is 22.9. The lowest BCUT2D eigenvalue weighted by Gasteiger charge is -2.43. The Morgan fingerprint density at radius 3 is 2.15 bits per heavy atom. The normalized spacial score (nSPS) is 19.1.